The van der Waals surface area contributed by atoms with Gasteiger partial charge in [0.15, 0.2) is 0 Å². The third kappa shape index (κ3) is 1.94. The first-order chi connectivity index (χ1) is 9.64. The van der Waals surface area contributed by atoms with Gasteiger partial charge < -0.3 is 5.32 Å². The summed E-state index contributed by atoms with van der Waals surface area (Å²) in [6.45, 7) is 0.262. The summed E-state index contributed by atoms with van der Waals surface area (Å²) in [4.78, 5) is 25.8. The van der Waals surface area contributed by atoms with Crippen molar-refractivity contribution < 1.29 is 9.59 Å². The zero-order valence-electron chi connectivity index (χ0n) is 11.1. The molecule has 5 heteroatoms. The Bertz CT molecular complexity index is 595. The van der Waals surface area contributed by atoms with E-state index in [1.807, 2.05) is 6.07 Å². The van der Waals surface area contributed by atoms with Gasteiger partial charge in [0.1, 0.15) is 5.54 Å². The molecular weight excluding hydrogens is 254 g/mol. The topological polar surface area (TPSA) is 73.2 Å². The monoisotopic (exact) mass is 269 g/mol. The summed E-state index contributed by atoms with van der Waals surface area (Å²) in [7, 11) is 0. The van der Waals surface area contributed by atoms with Gasteiger partial charge in [-0.05, 0) is 30.5 Å². The summed E-state index contributed by atoms with van der Waals surface area (Å²) >= 11 is 0. The predicted octanol–water partition coefficient (Wildman–Crippen LogP) is 1.92. The number of carbonyl (C=O) groups is 2. The summed E-state index contributed by atoms with van der Waals surface area (Å²) in [6, 6.07) is 8.68. The molecule has 0 radical (unpaired) electrons. The van der Waals surface area contributed by atoms with Crippen LogP contribution in [0.4, 0.5) is 4.79 Å². The molecule has 5 nitrogen and oxygen atoms in total. The van der Waals surface area contributed by atoms with Crippen molar-refractivity contribution in [3.8, 4) is 6.07 Å². The third-order valence-corrected chi connectivity index (χ3v) is 4.13. The Balaban J connectivity index is 1.78. The van der Waals surface area contributed by atoms with E-state index in [2.05, 4.69) is 5.32 Å². The molecule has 102 valence electrons. The van der Waals surface area contributed by atoms with Crippen LogP contribution >= 0.6 is 0 Å². The maximum absolute atomic E-state index is 12.5. The van der Waals surface area contributed by atoms with E-state index in [1.165, 1.54) is 4.90 Å². The van der Waals surface area contributed by atoms with E-state index in [0.29, 0.717) is 5.56 Å². The first-order valence-corrected chi connectivity index (χ1v) is 6.78. The van der Waals surface area contributed by atoms with E-state index >= 15 is 0 Å². The van der Waals surface area contributed by atoms with E-state index in [1.54, 1.807) is 24.3 Å². The molecule has 1 aromatic carbocycles. The van der Waals surface area contributed by atoms with Crippen molar-refractivity contribution in [1.82, 2.24) is 10.2 Å². The maximum atomic E-state index is 12.5. The number of urea groups is 1. The number of hydrogen-bond donors (Lipinski definition) is 1. The van der Waals surface area contributed by atoms with Crippen LogP contribution in [0, 0.1) is 11.3 Å². The van der Waals surface area contributed by atoms with Crippen molar-refractivity contribution in [2.45, 2.75) is 37.8 Å². The lowest BCUT2D eigenvalue weighted by atomic mass is 9.98. The van der Waals surface area contributed by atoms with Gasteiger partial charge in [-0.25, -0.2) is 4.79 Å². The molecule has 1 heterocycles. The van der Waals surface area contributed by atoms with Gasteiger partial charge in [-0.1, -0.05) is 25.0 Å². The second-order valence-electron chi connectivity index (χ2n) is 5.42. The van der Waals surface area contributed by atoms with Gasteiger partial charge in [-0.3, -0.25) is 9.69 Å². The van der Waals surface area contributed by atoms with E-state index < -0.39 is 5.54 Å². The van der Waals surface area contributed by atoms with Crippen molar-refractivity contribution in [3.05, 3.63) is 35.4 Å². The molecule has 1 saturated heterocycles. The van der Waals surface area contributed by atoms with Crippen LogP contribution < -0.4 is 5.32 Å². The van der Waals surface area contributed by atoms with Crippen LogP contribution in [0.3, 0.4) is 0 Å². The summed E-state index contributed by atoms with van der Waals surface area (Å²) in [5.41, 5.74) is 0.768. The number of hydrogen-bond acceptors (Lipinski definition) is 3. The molecule has 1 aliphatic heterocycles. The lowest BCUT2D eigenvalue weighted by Gasteiger charge is -2.20. The largest absolute Gasteiger partial charge is 0.325 e. The quantitative estimate of drug-likeness (QED) is 0.834. The molecule has 1 N–H and O–H groups in total. The van der Waals surface area contributed by atoms with Crippen molar-refractivity contribution in [2.75, 3.05) is 0 Å². The fourth-order valence-electron chi connectivity index (χ4n) is 3.00. The van der Waals surface area contributed by atoms with Crippen molar-refractivity contribution in [2.24, 2.45) is 0 Å². The molecule has 3 rings (SSSR count). The molecule has 2 aliphatic rings. The highest BCUT2D eigenvalue weighted by molar-refractivity contribution is 6.07. The standard InChI is InChI=1S/C15H15N3O2/c16-9-11-3-5-12(6-4-11)10-18-13(19)15(17-14(18)20)7-1-2-8-15/h3-6H,1-2,7-8,10H2,(H,17,20). The van der Waals surface area contributed by atoms with Crippen LogP contribution in [0.15, 0.2) is 24.3 Å². The third-order valence-electron chi connectivity index (χ3n) is 4.13. The highest BCUT2D eigenvalue weighted by Crippen LogP contribution is 2.35. The summed E-state index contributed by atoms with van der Waals surface area (Å²) in [6.07, 6.45) is 3.44. The van der Waals surface area contributed by atoms with Crippen LogP contribution in [-0.2, 0) is 11.3 Å². The highest BCUT2D eigenvalue weighted by atomic mass is 16.2. The van der Waals surface area contributed by atoms with E-state index in [-0.39, 0.29) is 18.5 Å². The summed E-state index contributed by atoms with van der Waals surface area (Å²) < 4.78 is 0. The Labute approximate surface area is 117 Å². The number of nitrogens with zero attached hydrogens (tertiary/aromatic N) is 2. The number of benzene rings is 1. The first kappa shape index (κ1) is 12.7. The summed E-state index contributed by atoms with van der Waals surface area (Å²) in [5, 5.41) is 11.6. The lowest BCUT2D eigenvalue weighted by Crippen LogP contribution is -2.44. The van der Waals surface area contributed by atoms with Crippen molar-refractivity contribution in [3.63, 3.8) is 0 Å². The van der Waals surface area contributed by atoms with Gasteiger partial charge in [-0.15, -0.1) is 0 Å². The molecule has 1 aromatic rings. The van der Waals surface area contributed by atoms with E-state index in [4.69, 9.17) is 5.26 Å². The van der Waals surface area contributed by atoms with Gasteiger partial charge in [0, 0.05) is 0 Å². The molecule has 1 aliphatic carbocycles. The predicted molar refractivity (Wildman–Crippen MR) is 71.4 cm³/mol. The minimum Gasteiger partial charge on any atom is -0.323 e. The van der Waals surface area contributed by atoms with Gasteiger partial charge in [0.05, 0.1) is 18.2 Å². The Morgan fingerprint density at radius 3 is 2.45 bits per heavy atom. The zero-order chi connectivity index (χ0) is 14.2. The molecule has 0 atom stereocenters. The number of nitrogens with one attached hydrogen (secondary N) is 1. The molecule has 0 aromatic heterocycles. The molecule has 20 heavy (non-hydrogen) atoms. The molecule has 3 amide bonds. The molecular formula is C15H15N3O2. The van der Waals surface area contributed by atoms with Crippen LogP contribution in [0.2, 0.25) is 0 Å². The average Bonchev–Trinajstić information content (AvgIpc) is 3.01. The lowest BCUT2D eigenvalue weighted by molar-refractivity contribution is -0.131. The van der Waals surface area contributed by atoms with Gasteiger partial charge in [0.2, 0.25) is 0 Å². The summed E-state index contributed by atoms with van der Waals surface area (Å²) in [5.74, 6) is -0.107. The van der Waals surface area contributed by atoms with E-state index in [0.717, 1.165) is 31.2 Å². The van der Waals surface area contributed by atoms with Crippen LogP contribution in [-0.4, -0.2) is 22.4 Å². The van der Waals surface area contributed by atoms with Gasteiger partial charge >= 0.3 is 6.03 Å². The van der Waals surface area contributed by atoms with Crippen LogP contribution in [0.5, 0.6) is 0 Å². The molecule has 1 saturated carbocycles. The molecule has 0 bridgehead atoms. The number of rotatable bonds is 2. The van der Waals surface area contributed by atoms with Crippen LogP contribution in [0.25, 0.3) is 0 Å². The normalized spacial score (nSPS) is 20.2. The van der Waals surface area contributed by atoms with Gasteiger partial charge in [0.25, 0.3) is 5.91 Å². The zero-order valence-corrected chi connectivity index (χ0v) is 11.1. The van der Waals surface area contributed by atoms with E-state index in [9.17, 15) is 9.59 Å². The van der Waals surface area contributed by atoms with Crippen LogP contribution in [0.1, 0.15) is 36.8 Å². The Hall–Kier alpha value is -2.35. The molecule has 0 unspecified atom stereocenters. The van der Waals surface area contributed by atoms with Crippen molar-refractivity contribution >= 4 is 11.9 Å². The second-order valence-corrected chi connectivity index (χ2v) is 5.42. The number of carbonyl (C=O) groups excluding carboxylic acids is 2. The number of nitriles is 1. The van der Waals surface area contributed by atoms with Gasteiger partial charge in [-0.2, -0.15) is 5.26 Å². The minimum atomic E-state index is -0.649. The smallest absolute Gasteiger partial charge is 0.323 e. The highest BCUT2D eigenvalue weighted by Gasteiger charge is 2.52. The SMILES string of the molecule is N#Cc1ccc(CN2C(=O)NC3(CCCC3)C2=O)cc1. The first-order valence-electron chi connectivity index (χ1n) is 6.78. The maximum Gasteiger partial charge on any atom is 0.325 e. The number of imide groups is 1. The average molecular weight is 269 g/mol. The van der Waals surface area contributed by atoms with Crippen molar-refractivity contribution in [1.29, 1.82) is 5.26 Å². The molecule has 1 spiro atoms. The second kappa shape index (κ2) is 4.64. The molecule has 2 fully saturated rings. The number of amides is 3. The fourth-order valence-corrected chi connectivity index (χ4v) is 3.00. The Morgan fingerprint density at radius 1 is 1.20 bits per heavy atom. The fraction of sp³-hybridized carbons (Fsp3) is 0.400. The Morgan fingerprint density at radius 2 is 1.85 bits per heavy atom. The Kier molecular flexibility index (Phi) is 2.94. The minimum absolute atomic E-state index is 0.107.